The summed E-state index contributed by atoms with van der Waals surface area (Å²) in [4.78, 5) is 24.8. The lowest BCUT2D eigenvalue weighted by atomic mass is 10.2. The number of halogens is 1. The Kier molecular flexibility index (Phi) is 5.05. The van der Waals surface area contributed by atoms with E-state index in [9.17, 15) is 9.59 Å². The van der Waals surface area contributed by atoms with Gasteiger partial charge in [0.05, 0.1) is 20.2 Å². The van der Waals surface area contributed by atoms with Crippen LogP contribution in [0.2, 0.25) is 5.02 Å². The Labute approximate surface area is 149 Å². The van der Waals surface area contributed by atoms with Gasteiger partial charge in [-0.15, -0.1) is 0 Å². The summed E-state index contributed by atoms with van der Waals surface area (Å²) in [5.74, 6) is 0.680. The van der Waals surface area contributed by atoms with Gasteiger partial charge in [-0.1, -0.05) is 41.9 Å². The highest BCUT2D eigenvalue weighted by atomic mass is 35.5. The zero-order valence-electron chi connectivity index (χ0n) is 13.7. The highest BCUT2D eigenvalue weighted by Crippen LogP contribution is 2.17. The maximum Gasteiger partial charge on any atom is 0.316 e. The Morgan fingerprint density at radius 1 is 0.880 bits per heavy atom. The van der Waals surface area contributed by atoms with Crippen LogP contribution in [0.15, 0.2) is 70.5 Å². The van der Waals surface area contributed by atoms with Crippen LogP contribution in [-0.4, -0.2) is 16.2 Å². The van der Waals surface area contributed by atoms with Crippen LogP contribution in [0.25, 0.3) is 0 Å². The fourth-order valence-electron chi connectivity index (χ4n) is 2.59. The lowest BCUT2D eigenvalue weighted by molar-refractivity contribution is 0.408. The van der Waals surface area contributed by atoms with Crippen LogP contribution in [0.1, 0.15) is 11.1 Å². The van der Waals surface area contributed by atoms with Crippen molar-refractivity contribution in [2.45, 2.75) is 13.1 Å². The molecule has 0 spiro atoms. The summed E-state index contributed by atoms with van der Waals surface area (Å²) in [6.07, 6.45) is 3.24. The van der Waals surface area contributed by atoms with Crippen LogP contribution in [0.5, 0.6) is 5.75 Å². The molecule has 0 aliphatic rings. The van der Waals surface area contributed by atoms with E-state index in [1.807, 2.05) is 36.4 Å². The second kappa shape index (κ2) is 7.40. The lowest BCUT2D eigenvalue weighted by Crippen LogP contribution is -2.40. The van der Waals surface area contributed by atoms with Gasteiger partial charge >= 0.3 is 11.1 Å². The van der Waals surface area contributed by atoms with Gasteiger partial charge in [-0.25, -0.2) is 0 Å². The molecule has 0 aliphatic heterocycles. The maximum absolute atomic E-state index is 12.4. The van der Waals surface area contributed by atoms with Gasteiger partial charge in [-0.2, -0.15) is 0 Å². The standard InChI is InChI=1S/C19H17ClN2O3/c1-25-17-5-3-2-4-15(17)13-22-11-10-21(18(23)19(22)24)12-14-6-8-16(20)9-7-14/h2-11H,12-13H2,1H3. The molecule has 0 saturated carbocycles. The zero-order chi connectivity index (χ0) is 17.8. The molecule has 0 fully saturated rings. The van der Waals surface area contributed by atoms with Crippen molar-refractivity contribution in [1.29, 1.82) is 0 Å². The summed E-state index contributed by atoms with van der Waals surface area (Å²) in [5.41, 5.74) is 0.602. The minimum Gasteiger partial charge on any atom is -0.496 e. The topological polar surface area (TPSA) is 53.2 Å². The first kappa shape index (κ1) is 17.0. The van der Waals surface area contributed by atoms with Crippen molar-refractivity contribution in [3.8, 4) is 5.75 Å². The summed E-state index contributed by atoms with van der Waals surface area (Å²) >= 11 is 5.86. The fourth-order valence-corrected chi connectivity index (χ4v) is 2.72. The number of para-hydroxylation sites is 1. The number of nitrogens with zero attached hydrogens (tertiary/aromatic N) is 2. The Morgan fingerprint density at radius 3 is 2.12 bits per heavy atom. The van der Waals surface area contributed by atoms with Gasteiger partial charge in [-0.05, 0) is 23.8 Å². The first-order valence-corrected chi connectivity index (χ1v) is 8.12. The summed E-state index contributed by atoms with van der Waals surface area (Å²) in [6.45, 7) is 0.598. The van der Waals surface area contributed by atoms with Crippen LogP contribution < -0.4 is 15.9 Å². The second-order valence-corrected chi connectivity index (χ2v) is 6.04. The Bertz CT molecular complexity index is 991. The quantitative estimate of drug-likeness (QED) is 0.660. The van der Waals surface area contributed by atoms with Crippen molar-refractivity contribution < 1.29 is 4.74 Å². The highest BCUT2D eigenvalue weighted by molar-refractivity contribution is 6.30. The average Bonchev–Trinajstić information content (AvgIpc) is 2.63. The van der Waals surface area contributed by atoms with Crippen LogP contribution in [0, 0.1) is 0 Å². The third-order valence-corrected chi connectivity index (χ3v) is 4.18. The van der Waals surface area contributed by atoms with Crippen molar-refractivity contribution in [3.05, 3.63) is 97.8 Å². The third-order valence-electron chi connectivity index (χ3n) is 3.93. The molecule has 0 unspecified atom stereocenters. The Hall–Kier alpha value is -2.79. The SMILES string of the molecule is COc1ccccc1Cn1ccn(Cc2ccc(Cl)cc2)c(=O)c1=O. The van der Waals surface area contributed by atoms with E-state index in [1.54, 1.807) is 31.6 Å². The maximum atomic E-state index is 12.4. The van der Waals surface area contributed by atoms with E-state index in [1.165, 1.54) is 9.13 Å². The molecule has 0 aliphatic carbocycles. The smallest absolute Gasteiger partial charge is 0.316 e. The molecule has 0 bridgehead atoms. The Morgan fingerprint density at radius 2 is 1.48 bits per heavy atom. The monoisotopic (exact) mass is 356 g/mol. The Balaban J connectivity index is 1.89. The molecule has 128 valence electrons. The van der Waals surface area contributed by atoms with Crippen molar-refractivity contribution in [1.82, 2.24) is 9.13 Å². The highest BCUT2D eigenvalue weighted by Gasteiger charge is 2.08. The van der Waals surface area contributed by atoms with Gasteiger partial charge in [0.25, 0.3) is 0 Å². The molecule has 25 heavy (non-hydrogen) atoms. The molecular formula is C19H17ClN2O3. The van der Waals surface area contributed by atoms with Gasteiger partial charge in [-0.3, -0.25) is 9.59 Å². The minimum absolute atomic E-state index is 0.278. The number of rotatable bonds is 5. The molecule has 0 N–H and O–H groups in total. The predicted octanol–water partition coefficient (Wildman–Crippen LogP) is 2.77. The predicted molar refractivity (Wildman–Crippen MR) is 97.6 cm³/mol. The number of aromatic nitrogens is 2. The van der Waals surface area contributed by atoms with E-state index >= 15 is 0 Å². The van der Waals surface area contributed by atoms with Crippen molar-refractivity contribution in [2.24, 2.45) is 0 Å². The molecule has 0 saturated heterocycles. The van der Waals surface area contributed by atoms with Crippen LogP contribution >= 0.6 is 11.6 Å². The number of methoxy groups -OCH3 is 1. The molecule has 1 aromatic heterocycles. The van der Waals surface area contributed by atoms with Crippen LogP contribution in [-0.2, 0) is 13.1 Å². The fraction of sp³-hybridized carbons (Fsp3) is 0.158. The second-order valence-electron chi connectivity index (χ2n) is 5.60. The average molecular weight is 357 g/mol. The molecule has 1 heterocycles. The van der Waals surface area contributed by atoms with E-state index in [4.69, 9.17) is 16.3 Å². The molecular weight excluding hydrogens is 340 g/mol. The van der Waals surface area contributed by atoms with E-state index in [2.05, 4.69) is 0 Å². The van der Waals surface area contributed by atoms with Crippen LogP contribution in [0.3, 0.4) is 0 Å². The van der Waals surface area contributed by atoms with E-state index < -0.39 is 11.1 Å². The summed E-state index contributed by atoms with van der Waals surface area (Å²) < 4.78 is 8.07. The number of benzene rings is 2. The summed E-state index contributed by atoms with van der Waals surface area (Å²) in [5, 5.41) is 0.628. The van der Waals surface area contributed by atoms with Gasteiger partial charge in [0, 0.05) is 23.0 Å². The van der Waals surface area contributed by atoms with Crippen molar-refractivity contribution in [2.75, 3.05) is 7.11 Å². The first-order valence-electron chi connectivity index (χ1n) is 7.74. The molecule has 0 radical (unpaired) electrons. The van der Waals surface area contributed by atoms with E-state index in [0.29, 0.717) is 17.3 Å². The lowest BCUT2D eigenvalue weighted by Gasteiger charge is -2.11. The van der Waals surface area contributed by atoms with Gasteiger partial charge < -0.3 is 13.9 Å². The third kappa shape index (κ3) is 3.83. The van der Waals surface area contributed by atoms with Crippen molar-refractivity contribution in [3.63, 3.8) is 0 Å². The molecule has 2 aromatic carbocycles. The van der Waals surface area contributed by atoms with Crippen LogP contribution in [0.4, 0.5) is 0 Å². The summed E-state index contributed by atoms with van der Waals surface area (Å²) in [6, 6.07) is 14.6. The molecule has 5 nitrogen and oxygen atoms in total. The molecule has 0 amide bonds. The number of hydrogen-bond donors (Lipinski definition) is 0. The summed E-state index contributed by atoms with van der Waals surface area (Å²) in [7, 11) is 1.58. The van der Waals surface area contributed by atoms with E-state index in [-0.39, 0.29) is 6.54 Å². The zero-order valence-corrected chi connectivity index (χ0v) is 14.4. The first-order chi connectivity index (χ1) is 12.1. The molecule has 3 rings (SSSR count). The normalized spacial score (nSPS) is 10.6. The largest absolute Gasteiger partial charge is 0.496 e. The number of ether oxygens (including phenoxy) is 1. The van der Waals surface area contributed by atoms with Gasteiger partial charge in [0.15, 0.2) is 0 Å². The molecule has 0 atom stereocenters. The molecule has 3 aromatic rings. The van der Waals surface area contributed by atoms with Crippen molar-refractivity contribution >= 4 is 11.6 Å². The van der Waals surface area contributed by atoms with E-state index in [0.717, 1.165) is 11.1 Å². The number of hydrogen-bond acceptors (Lipinski definition) is 3. The minimum atomic E-state index is -0.567. The van der Waals surface area contributed by atoms with Gasteiger partial charge in [0.2, 0.25) is 0 Å². The molecule has 6 heteroatoms. The van der Waals surface area contributed by atoms with Gasteiger partial charge in [0.1, 0.15) is 5.75 Å².